The highest BCUT2D eigenvalue weighted by atomic mass is 32.1. The van der Waals surface area contributed by atoms with Crippen molar-refractivity contribution in [3.05, 3.63) is 40.4 Å². The van der Waals surface area contributed by atoms with E-state index in [4.69, 9.17) is 5.11 Å². The number of thiazole rings is 1. The summed E-state index contributed by atoms with van der Waals surface area (Å²) in [4.78, 5) is 24.9. The molecule has 0 aliphatic heterocycles. The van der Waals surface area contributed by atoms with Gasteiger partial charge in [0.15, 0.2) is 0 Å². The summed E-state index contributed by atoms with van der Waals surface area (Å²) < 4.78 is 0. The SMILES string of the molecule is CN(Cc1cscn1)Cc1ncncc1C(=O)O. The van der Waals surface area contributed by atoms with E-state index < -0.39 is 5.97 Å². The van der Waals surface area contributed by atoms with E-state index in [0.717, 1.165) is 5.69 Å². The third-order valence-corrected chi connectivity index (χ3v) is 3.00. The van der Waals surface area contributed by atoms with Crippen LogP contribution in [0, 0.1) is 0 Å². The molecule has 0 amide bonds. The molecule has 1 N–H and O–H groups in total. The lowest BCUT2D eigenvalue weighted by Gasteiger charge is -2.15. The van der Waals surface area contributed by atoms with E-state index in [1.54, 1.807) is 5.51 Å². The van der Waals surface area contributed by atoms with E-state index in [0.29, 0.717) is 18.8 Å². The van der Waals surface area contributed by atoms with Crippen LogP contribution < -0.4 is 0 Å². The maximum Gasteiger partial charge on any atom is 0.339 e. The van der Waals surface area contributed by atoms with Crippen molar-refractivity contribution in [3.63, 3.8) is 0 Å². The van der Waals surface area contributed by atoms with E-state index in [-0.39, 0.29) is 5.56 Å². The van der Waals surface area contributed by atoms with Gasteiger partial charge in [0.2, 0.25) is 0 Å². The Hall–Kier alpha value is -1.86. The van der Waals surface area contributed by atoms with Gasteiger partial charge in [0.1, 0.15) is 11.9 Å². The smallest absolute Gasteiger partial charge is 0.339 e. The largest absolute Gasteiger partial charge is 0.478 e. The molecule has 2 rings (SSSR count). The summed E-state index contributed by atoms with van der Waals surface area (Å²) in [5.41, 5.74) is 3.39. The van der Waals surface area contributed by atoms with E-state index in [1.165, 1.54) is 23.9 Å². The molecule has 0 fully saturated rings. The molecular formula is C11H12N4O2S. The van der Waals surface area contributed by atoms with Crippen LogP contribution in [0.3, 0.4) is 0 Å². The van der Waals surface area contributed by atoms with Crippen LogP contribution in [-0.2, 0) is 13.1 Å². The number of hydrogen-bond donors (Lipinski definition) is 1. The first-order valence-electron chi connectivity index (χ1n) is 5.24. The van der Waals surface area contributed by atoms with E-state index in [2.05, 4.69) is 15.0 Å². The van der Waals surface area contributed by atoms with E-state index in [9.17, 15) is 4.79 Å². The third-order valence-electron chi connectivity index (χ3n) is 2.36. The van der Waals surface area contributed by atoms with Crippen molar-refractivity contribution in [2.75, 3.05) is 7.05 Å². The second-order valence-electron chi connectivity index (χ2n) is 3.84. The van der Waals surface area contributed by atoms with Gasteiger partial charge in [-0.05, 0) is 7.05 Å². The lowest BCUT2D eigenvalue weighted by atomic mass is 10.2. The van der Waals surface area contributed by atoms with Gasteiger partial charge in [-0.3, -0.25) is 4.90 Å². The quantitative estimate of drug-likeness (QED) is 0.876. The average Bonchev–Trinajstić information content (AvgIpc) is 2.82. The highest BCUT2D eigenvalue weighted by Crippen LogP contribution is 2.10. The van der Waals surface area contributed by atoms with E-state index in [1.807, 2.05) is 17.3 Å². The highest BCUT2D eigenvalue weighted by Gasteiger charge is 2.13. The Kier molecular flexibility index (Phi) is 3.96. The van der Waals surface area contributed by atoms with Gasteiger partial charge < -0.3 is 5.11 Å². The van der Waals surface area contributed by atoms with Crippen LogP contribution in [0.2, 0.25) is 0 Å². The van der Waals surface area contributed by atoms with Crippen molar-refractivity contribution in [1.29, 1.82) is 0 Å². The molecule has 6 nitrogen and oxygen atoms in total. The van der Waals surface area contributed by atoms with E-state index >= 15 is 0 Å². The van der Waals surface area contributed by atoms with Crippen LogP contribution in [-0.4, -0.2) is 38.0 Å². The topological polar surface area (TPSA) is 79.2 Å². The Morgan fingerprint density at radius 1 is 1.44 bits per heavy atom. The summed E-state index contributed by atoms with van der Waals surface area (Å²) >= 11 is 1.54. The van der Waals surface area contributed by atoms with Crippen molar-refractivity contribution in [3.8, 4) is 0 Å². The molecule has 2 aromatic heterocycles. The van der Waals surface area contributed by atoms with Crippen LogP contribution in [0.1, 0.15) is 21.7 Å². The van der Waals surface area contributed by atoms with Crippen molar-refractivity contribution >= 4 is 17.3 Å². The van der Waals surface area contributed by atoms with Crippen LogP contribution >= 0.6 is 11.3 Å². The highest BCUT2D eigenvalue weighted by molar-refractivity contribution is 7.07. The number of nitrogens with zero attached hydrogens (tertiary/aromatic N) is 4. The number of aromatic carboxylic acids is 1. The number of rotatable bonds is 5. The van der Waals surface area contributed by atoms with Crippen LogP contribution in [0.5, 0.6) is 0 Å². The van der Waals surface area contributed by atoms with Gasteiger partial charge in [0.05, 0.1) is 16.9 Å². The van der Waals surface area contributed by atoms with Gasteiger partial charge in [0.25, 0.3) is 0 Å². The number of carbonyl (C=O) groups is 1. The monoisotopic (exact) mass is 264 g/mol. The predicted molar refractivity (Wildman–Crippen MR) is 66.3 cm³/mol. The first-order chi connectivity index (χ1) is 8.66. The van der Waals surface area contributed by atoms with Gasteiger partial charge in [-0.15, -0.1) is 11.3 Å². The molecule has 0 atom stereocenters. The molecule has 94 valence electrons. The average molecular weight is 264 g/mol. The minimum Gasteiger partial charge on any atom is -0.478 e. The normalized spacial score (nSPS) is 10.8. The zero-order valence-corrected chi connectivity index (χ0v) is 10.6. The molecule has 0 bridgehead atoms. The minimum absolute atomic E-state index is 0.141. The molecule has 0 aromatic carbocycles. The Bertz CT molecular complexity index is 530. The summed E-state index contributed by atoms with van der Waals surface area (Å²) in [6.07, 6.45) is 2.68. The molecule has 2 aromatic rings. The predicted octanol–water partition coefficient (Wildman–Crippen LogP) is 1.26. The molecular weight excluding hydrogens is 252 g/mol. The van der Waals surface area contributed by atoms with Crippen molar-refractivity contribution in [2.45, 2.75) is 13.1 Å². The zero-order chi connectivity index (χ0) is 13.0. The molecule has 18 heavy (non-hydrogen) atoms. The van der Waals surface area contributed by atoms with Gasteiger partial charge in [-0.1, -0.05) is 0 Å². The van der Waals surface area contributed by atoms with Gasteiger partial charge in [-0.2, -0.15) is 0 Å². The minimum atomic E-state index is -1.01. The molecule has 0 aliphatic rings. The van der Waals surface area contributed by atoms with Gasteiger partial charge >= 0.3 is 5.97 Å². The number of hydrogen-bond acceptors (Lipinski definition) is 6. The number of aromatic nitrogens is 3. The number of carboxylic acid groups (broad SMARTS) is 1. The van der Waals surface area contributed by atoms with Gasteiger partial charge in [-0.25, -0.2) is 19.7 Å². The Morgan fingerprint density at radius 3 is 2.94 bits per heavy atom. The summed E-state index contributed by atoms with van der Waals surface area (Å²) in [5, 5.41) is 11.0. The standard InChI is InChI=1S/C11H12N4O2S/c1-15(3-8-5-18-7-14-8)4-10-9(11(16)17)2-12-6-13-10/h2,5-7H,3-4H2,1H3,(H,16,17). The zero-order valence-electron chi connectivity index (χ0n) is 9.78. The van der Waals surface area contributed by atoms with Crippen LogP contribution in [0.15, 0.2) is 23.4 Å². The molecule has 2 heterocycles. The first-order valence-corrected chi connectivity index (χ1v) is 6.19. The molecule has 0 radical (unpaired) electrons. The van der Waals surface area contributed by atoms with Crippen LogP contribution in [0.4, 0.5) is 0 Å². The maximum absolute atomic E-state index is 11.0. The Balaban J connectivity index is 2.07. The van der Waals surface area contributed by atoms with Crippen molar-refractivity contribution < 1.29 is 9.90 Å². The second-order valence-corrected chi connectivity index (χ2v) is 4.56. The second kappa shape index (κ2) is 5.65. The first kappa shape index (κ1) is 12.6. The number of carboxylic acids is 1. The fourth-order valence-corrected chi connectivity index (χ4v) is 2.11. The molecule has 0 unspecified atom stereocenters. The van der Waals surface area contributed by atoms with Gasteiger partial charge in [0, 0.05) is 24.7 Å². The third kappa shape index (κ3) is 3.08. The lowest BCUT2D eigenvalue weighted by molar-refractivity contribution is 0.0693. The maximum atomic E-state index is 11.0. The summed E-state index contributed by atoms with van der Waals surface area (Å²) in [6, 6.07) is 0. The fraction of sp³-hybridized carbons (Fsp3) is 0.273. The lowest BCUT2D eigenvalue weighted by Crippen LogP contribution is -2.20. The molecule has 0 spiro atoms. The molecule has 7 heteroatoms. The molecule has 0 aliphatic carbocycles. The molecule has 0 saturated heterocycles. The van der Waals surface area contributed by atoms with Crippen molar-refractivity contribution in [1.82, 2.24) is 19.9 Å². The Morgan fingerprint density at radius 2 is 2.28 bits per heavy atom. The fourth-order valence-electron chi connectivity index (χ4n) is 1.56. The van der Waals surface area contributed by atoms with Crippen LogP contribution in [0.25, 0.3) is 0 Å². The summed E-state index contributed by atoms with van der Waals surface area (Å²) in [5.74, 6) is -1.01. The van der Waals surface area contributed by atoms with Crippen molar-refractivity contribution in [2.24, 2.45) is 0 Å². The summed E-state index contributed by atoms with van der Waals surface area (Å²) in [7, 11) is 1.90. The Labute approximate surface area is 108 Å². The summed E-state index contributed by atoms with van der Waals surface area (Å²) in [6.45, 7) is 1.11. The molecule has 0 saturated carbocycles.